The van der Waals surface area contributed by atoms with Crippen LogP contribution in [0.4, 0.5) is 22.7 Å². The lowest BCUT2D eigenvalue weighted by molar-refractivity contribution is 0.483. The molecule has 0 unspecified atom stereocenters. The zero-order chi connectivity index (χ0) is 46.3. The van der Waals surface area contributed by atoms with Crippen LogP contribution >= 0.6 is 0 Å². The van der Waals surface area contributed by atoms with Gasteiger partial charge in [0, 0.05) is 56.9 Å². The first kappa shape index (κ1) is 41.3. The standard InChI is InChI=1S/C62H53N5O/c1-61(2,3)43-15-13-16-46(36-43)64-40-65(58-24-12-11-23-57(58)64)47-17-14-18-48(38-47)68-49-30-31-52-53-35-42(27-32-56(53)67(59(52)39-49)60-37-44(33-34-63-60)62(4,5)6)41-25-28-45(29-26-41)66-54-21-9-7-19-50(54)51-20-8-10-22-55(51)66/h7-39H,40H2,1-6H3. The van der Waals surface area contributed by atoms with Gasteiger partial charge in [-0.15, -0.1) is 0 Å². The van der Waals surface area contributed by atoms with Crippen molar-refractivity contribution in [2.45, 2.75) is 52.4 Å². The molecule has 68 heavy (non-hydrogen) atoms. The van der Waals surface area contributed by atoms with E-state index in [1.165, 1.54) is 50.0 Å². The number of hydrogen-bond acceptors (Lipinski definition) is 4. The first-order valence-corrected chi connectivity index (χ1v) is 23.6. The summed E-state index contributed by atoms with van der Waals surface area (Å²) in [5.74, 6) is 2.41. The molecule has 0 saturated heterocycles. The number of ether oxygens (including phenoxy) is 1. The monoisotopic (exact) mass is 883 g/mol. The molecular weight excluding hydrogens is 831 g/mol. The highest BCUT2D eigenvalue weighted by Crippen LogP contribution is 2.46. The average molecular weight is 884 g/mol. The zero-order valence-electron chi connectivity index (χ0n) is 39.4. The number of rotatable bonds is 7. The van der Waals surface area contributed by atoms with Crippen LogP contribution in [0, 0.1) is 0 Å². The van der Waals surface area contributed by atoms with Gasteiger partial charge in [-0.1, -0.05) is 126 Å². The Kier molecular flexibility index (Phi) is 9.59. The van der Waals surface area contributed by atoms with Crippen LogP contribution < -0.4 is 14.5 Å². The molecule has 8 aromatic carbocycles. The fraction of sp³-hybridized carbons (Fsp3) is 0.145. The van der Waals surface area contributed by atoms with Crippen molar-refractivity contribution in [3.8, 4) is 34.1 Å². The second-order valence-corrected chi connectivity index (χ2v) is 20.2. The van der Waals surface area contributed by atoms with Crippen LogP contribution in [-0.4, -0.2) is 20.8 Å². The molecule has 3 aromatic heterocycles. The van der Waals surface area contributed by atoms with E-state index in [1.807, 2.05) is 12.3 Å². The van der Waals surface area contributed by atoms with E-state index in [0.717, 1.165) is 61.6 Å². The molecule has 0 aliphatic carbocycles. The van der Waals surface area contributed by atoms with Gasteiger partial charge in [0.05, 0.1) is 33.4 Å². The smallest absolute Gasteiger partial charge is 0.137 e. The van der Waals surface area contributed by atoms with Crippen molar-refractivity contribution in [2.24, 2.45) is 0 Å². The highest BCUT2D eigenvalue weighted by molar-refractivity contribution is 6.11. The molecule has 6 nitrogen and oxygen atoms in total. The molecule has 0 radical (unpaired) electrons. The van der Waals surface area contributed by atoms with Crippen molar-refractivity contribution in [3.63, 3.8) is 0 Å². The molecule has 4 heterocycles. The van der Waals surface area contributed by atoms with Gasteiger partial charge in [-0.25, -0.2) is 4.98 Å². The van der Waals surface area contributed by atoms with Gasteiger partial charge < -0.3 is 19.1 Å². The van der Waals surface area contributed by atoms with E-state index in [4.69, 9.17) is 9.72 Å². The summed E-state index contributed by atoms with van der Waals surface area (Å²) in [6.07, 6.45) is 1.94. The van der Waals surface area contributed by atoms with Gasteiger partial charge in [0.1, 0.15) is 24.0 Å². The third kappa shape index (κ3) is 7.07. The summed E-state index contributed by atoms with van der Waals surface area (Å²) >= 11 is 0. The molecule has 12 rings (SSSR count). The van der Waals surface area contributed by atoms with Crippen LogP contribution in [0.3, 0.4) is 0 Å². The minimum atomic E-state index is -0.0440. The second kappa shape index (κ2) is 15.8. The Hall–Kier alpha value is -8.09. The van der Waals surface area contributed by atoms with Crippen molar-refractivity contribution in [2.75, 3.05) is 16.5 Å². The maximum Gasteiger partial charge on any atom is 0.137 e. The molecule has 0 atom stereocenters. The fourth-order valence-electron chi connectivity index (χ4n) is 10.1. The van der Waals surface area contributed by atoms with Gasteiger partial charge in [-0.2, -0.15) is 0 Å². The Bertz CT molecular complexity index is 3680. The van der Waals surface area contributed by atoms with Crippen molar-refractivity contribution in [1.29, 1.82) is 0 Å². The Labute approximate surface area is 397 Å². The number of para-hydroxylation sites is 4. The van der Waals surface area contributed by atoms with Crippen LogP contribution in [0.25, 0.3) is 66.2 Å². The Balaban J connectivity index is 0.909. The predicted molar refractivity (Wildman–Crippen MR) is 284 cm³/mol. The average Bonchev–Trinajstić information content (AvgIpc) is 4.02. The lowest BCUT2D eigenvalue weighted by Gasteiger charge is -2.25. The van der Waals surface area contributed by atoms with E-state index in [1.54, 1.807) is 0 Å². The molecule has 0 saturated carbocycles. The van der Waals surface area contributed by atoms with Crippen LogP contribution in [0.15, 0.2) is 200 Å². The number of pyridine rings is 1. The van der Waals surface area contributed by atoms with Gasteiger partial charge in [0.2, 0.25) is 0 Å². The Morgan fingerprint density at radius 2 is 0.971 bits per heavy atom. The number of hydrogen-bond donors (Lipinski definition) is 0. The van der Waals surface area contributed by atoms with Crippen LogP contribution in [0.2, 0.25) is 0 Å². The highest BCUT2D eigenvalue weighted by Gasteiger charge is 2.29. The summed E-state index contributed by atoms with van der Waals surface area (Å²) in [7, 11) is 0. The maximum atomic E-state index is 6.82. The normalized spacial score (nSPS) is 13.0. The molecule has 0 amide bonds. The largest absolute Gasteiger partial charge is 0.457 e. The van der Waals surface area contributed by atoms with E-state index in [0.29, 0.717) is 6.67 Å². The van der Waals surface area contributed by atoms with Gasteiger partial charge in [-0.05, 0) is 130 Å². The third-order valence-electron chi connectivity index (χ3n) is 13.8. The van der Waals surface area contributed by atoms with Crippen molar-refractivity contribution in [3.05, 3.63) is 211 Å². The summed E-state index contributed by atoms with van der Waals surface area (Å²) in [6.45, 7) is 14.2. The molecule has 1 aliphatic heterocycles. The third-order valence-corrected chi connectivity index (χ3v) is 13.8. The van der Waals surface area contributed by atoms with E-state index in [2.05, 4.69) is 249 Å². The van der Waals surface area contributed by atoms with Crippen molar-refractivity contribution >= 4 is 66.4 Å². The lowest BCUT2D eigenvalue weighted by Crippen LogP contribution is -2.24. The number of nitrogens with zero attached hydrogens (tertiary/aromatic N) is 5. The minimum absolute atomic E-state index is 0.0440. The van der Waals surface area contributed by atoms with E-state index in [9.17, 15) is 0 Å². The van der Waals surface area contributed by atoms with Crippen molar-refractivity contribution < 1.29 is 4.74 Å². The molecule has 6 heteroatoms. The quantitative estimate of drug-likeness (QED) is 0.160. The van der Waals surface area contributed by atoms with Gasteiger partial charge >= 0.3 is 0 Å². The maximum absolute atomic E-state index is 6.82. The summed E-state index contributed by atoms with van der Waals surface area (Å²) in [6, 6.07) is 70.0. The van der Waals surface area contributed by atoms with Crippen LogP contribution in [0.5, 0.6) is 11.5 Å². The van der Waals surface area contributed by atoms with Crippen LogP contribution in [-0.2, 0) is 10.8 Å². The fourth-order valence-corrected chi connectivity index (χ4v) is 10.1. The van der Waals surface area contributed by atoms with Crippen LogP contribution in [0.1, 0.15) is 52.7 Å². The zero-order valence-corrected chi connectivity index (χ0v) is 39.4. The summed E-state index contributed by atoms with van der Waals surface area (Å²) < 4.78 is 11.5. The Morgan fingerprint density at radius 1 is 0.397 bits per heavy atom. The molecule has 0 spiro atoms. The minimum Gasteiger partial charge on any atom is -0.457 e. The van der Waals surface area contributed by atoms with E-state index in [-0.39, 0.29) is 10.8 Å². The first-order valence-electron chi connectivity index (χ1n) is 23.6. The SMILES string of the molecule is CC(C)(C)c1cccc(N2CN(c3cccc(Oc4ccc5c6cc(-c7ccc(-n8c9ccccc9c9ccccc98)cc7)ccc6n(-c6cc(C(C)(C)C)ccn6)c5c4)c3)c3ccccc32)c1. The molecule has 1 aliphatic rings. The second-order valence-electron chi connectivity index (χ2n) is 20.2. The summed E-state index contributed by atoms with van der Waals surface area (Å²) in [4.78, 5) is 9.77. The lowest BCUT2D eigenvalue weighted by atomic mass is 9.87. The summed E-state index contributed by atoms with van der Waals surface area (Å²) in [5.41, 5.74) is 15.2. The van der Waals surface area contributed by atoms with Gasteiger partial charge in [-0.3, -0.25) is 4.57 Å². The molecule has 11 aromatic rings. The van der Waals surface area contributed by atoms with Gasteiger partial charge in [0.15, 0.2) is 0 Å². The van der Waals surface area contributed by atoms with E-state index >= 15 is 0 Å². The number of fused-ring (bicyclic) bond motifs is 7. The Morgan fingerprint density at radius 3 is 1.66 bits per heavy atom. The highest BCUT2D eigenvalue weighted by atomic mass is 16.5. The molecule has 0 fully saturated rings. The predicted octanol–water partition coefficient (Wildman–Crippen LogP) is 16.6. The molecule has 0 bridgehead atoms. The van der Waals surface area contributed by atoms with Gasteiger partial charge in [0.25, 0.3) is 0 Å². The van der Waals surface area contributed by atoms with Crippen molar-refractivity contribution in [1.82, 2.24) is 14.1 Å². The molecular formula is C62H53N5O. The number of anilines is 4. The number of aromatic nitrogens is 3. The molecule has 332 valence electrons. The summed E-state index contributed by atoms with van der Waals surface area (Å²) in [5, 5.41) is 4.82. The first-order chi connectivity index (χ1) is 33.0. The molecule has 0 N–H and O–H groups in total. The topological polar surface area (TPSA) is 38.5 Å². The number of benzene rings is 8. The van der Waals surface area contributed by atoms with E-state index < -0.39 is 0 Å².